The van der Waals surface area contributed by atoms with Gasteiger partial charge in [0.15, 0.2) is 0 Å². The van der Waals surface area contributed by atoms with Crippen molar-refractivity contribution in [3.63, 3.8) is 0 Å². The molecule has 0 radical (unpaired) electrons. The summed E-state index contributed by atoms with van der Waals surface area (Å²) in [6.45, 7) is 13.0. The van der Waals surface area contributed by atoms with E-state index in [4.69, 9.17) is 4.98 Å². The van der Waals surface area contributed by atoms with E-state index in [2.05, 4.69) is 69.5 Å². The van der Waals surface area contributed by atoms with Crippen LogP contribution < -0.4 is 5.32 Å². The maximum Gasteiger partial charge on any atom is 0.138 e. The predicted molar refractivity (Wildman–Crippen MR) is 77.4 cm³/mol. The van der Waals surface area contributed by atoms with Crippen LogP contribution in [0, 0.1) is 6.92 Å². The molecule has 0 unspecified atom stereocenters. The minimum atomic E-state index is 0.0296. The molecule has 2 aromatic heterocycles. The standard InChI is InChI=1S/C15H23N3/c1-10(2)13-14(17-15(4,5)6)18-11(3)8-7-9-12(18)16-13/h7-10,17H,1-6H3. The molecule has 0 bridgehead atoms. The highest BCUT2D eigenvalue weighted by Crippen LogP contribution is 2.28. The molecule has 0 atom stereocenters. The van der Waals surface area contributed by atoms with Gasteiger partial charge in [-0.25, -0.2) is 4.98 Å². The first-order valence-electron chi connectivity index (χ1n) is 6.56. The molecule has 3 nitrogen and oxygen atoms in total. The quantitative estimate of drug-likeness (QED) is 0.867. The molecule has 1 N–H and O–H groups in total. The van der Waals surface area contributed by atoms with Gasteiger partial charge in [0.25, 0.3) is 0 Å². The molecule has 0 fully saturated rings. The third kappa shape index (κ3) is 2.35. The van der Waals surface area contributed by atoms with Gasteiger partial charge < -0.3 is 5.32 Å². The number of imidazole rings is 1. The van der Waals surface area contributed by atoms with E-state index in [1.165, 1.54) is 5.69 Å². The van der Waals surface area contributed by atoms with Gasteiger partial charge in [-0.05, 0) is 45.7 Å². The second-order valence-electron chi connectivity index (χ2n) is 6.24. The highest BCUT2D eigenvalue weighted by atomic mass is 15.2. The lowest BCUT2D eigenvalue weighted by Gasteiger charge is -2.23. The number of aromatic nitrogens is 2. The molecule has 0 aliphatic heterocycles. The molecule has 3 heteroatoms. The maximum absolute atomic E-state index is 4.76. The average Bonchev–Trinajstić information content (AvgIpc) is 2.56. The van der Waals surface area contributed by atoms with Crippen LogP contribution in [0.15, 0.2) is 18.2 Å². The number of fused-ring (bicyclic) bond motifs is 1. The van der Waals surface area contributed by atoms with E-state index in [0.29, 0.717) is 5.92 Å². The fourth-order valence-corrected chi connectivity index (χ4v) is 2.15. The Balaban J connectivity index is 2.69. The van der Waals surface area contributed by atoms with E-state index in [9.17, 15) is 0 Å². The summed E-state index contributed by atoms with van der Waals surface area (Å²) in [4.78, 5) is 4.76. The van der Waals surface area contributed by atoms with Crippen molar-refractivity contribution in [1.29, 1.82) is 0 Å². The summed E-state index contributed by atoms with van der Waals surface area (Å²) < 4.78 is 2.21. The Morgan fingerprint density at radius 1 is 1.22 bits per heavy atom. The van der Waals surface area contributed by atoms with Gasteiger partial charge in [-0.2, -0.15) is 0 Å². The Hall–Kier alpha value is -1.51. The molecule has 0 saturated carbocycles. The Labute approximate surface area is 109 Å². The summed E-state index contributed by atoms with van der Waals surface area (Å²) in [5.74, 6) is 1.54. The Bertz CT molecular complexity index is 559. The van der Waals surface area contributed by atoms with Gasteiger partial charge in [0, 0.05) is 11.2 Å². The van der Waals surface area contributed by atoms with Crippen LogP contribution in [0.3, 0.4) is 0 Å². The zero-order valence-electron chi connectivity index (χ0n) is 12.2. The average molecular weight is 245 g/mol. The monoisotopic (exact) mass is 245 g/mol. The van der Waals surface area contributed by atoms with Crippen molar-refractivity contribution in [2.45, 2.75) is 53.0 Å². The Kier molecular flexibility index (Phi) is 3.09. The molecule has 2 rings (SSSR count). The van der Waals surface area contributed by atoms with Crippen LogP contribution in [0.1, 0.15) is 51.9 Å². The molecule has 0 amide bonds. The largest absolute Gasteiger partial charge is 0.365 e. The number of aryl methyl sites for hydroxylation is 1. The van der Waals surface area contributed by atoms with Crippen molar-refractivity contribution < 1.29 is 0 Å². The van der Waals surface area contributed by atoms with Crippen molar-refractivity contribution in [1.82, 2.24) is 9.38 Å². The van der Waals surface area contributed by atoms with Crippen molar-refractivity contribution >= 4 is 11.5 Å². The SMILES string of the molecule is Cc1cccc2nc(C(C)C)c(NC(C)(C)C)n12. The van der Waals surface area contributed by atoms with E-state index >= 15 is 0 Å². The van der Waals surface area contributed by atoms with Crippen LogP contribution >= 0.6 is 0 Å². The summed E-state index contributed by atoms with van der Waals surface area (Å²) in [5.41, 5.74) is 3.39. The Morgan fingerprint density at radius 3 is 2.44 bits per heavy atom. The molecule has 18 heavy (non-hydrogen) atoms. The highest BCUT2D eigenvalue weighted by molar-refractivity contribution is 5.58. The summed E-state index contributed by atoms with van der Waals surface area (Å²) in [6.07, 6.45) is 0. The number of nitrogens with zero attached hydrogens (tertiary/aromatic N) is 2. The Morgan fingerprint density at radius 2 is 1.89 bits per heavy atom. The number of hydrogen-bond donors (Lipinski definition) is 1. The summed E-state index contributed by atoms with van der Waals surface area (Å²) >= 11 is 0. The lowest BCUT2D eigenvalue weighted by Crippen LogP contribution is -2.27. The predicted octanol–water partition coefficient (Wildman–Crippen LogP) is 3.98. The van der Waals surface area contributed by atoms with E-state index < -0.39 is 0 Å². The number of nitrogens with one attached hydrogen (secondary N) is 1. The number of rotatable bonds is 2. The summed E-state index contributed by atoms with van der Waals surface area (Å²) in [5, 5.41) is 3.60. The van der Waals surface area contributed by atoms with Gasteiger partial charge in [-0.3, -0.25) is 4.40 Å². The van der Waals surface area contributed by atoms with Gasteiger partial charge >= 0.3 is 0 Å². The third-order valence-corrected chi connectivity index (χ3v) is 2.91. The van der Waals surface area contributed by atoms with Crippen molar-refractivity contribution in [2.75, 3.05) is 5.32 Å². The molecule has 0 aliphatic carbocycles. The molecule has 98 valence electrons. The highest BCUT2D eigenvalue weighted by Gasteiger charge is 2.20. The second kappa shape index (κ2) is 4.30. The molecule has 0 aliphatic rings. The molecule has 0 saturated heterocycles. The van der Waals surface area contributed by atoms with Gasteiger partial charge in [-0.15, -0.1) is 0 Å². The third-order valence-electron chi connectivity index (χ3n) is 2.91. The van der Waals surface area contributed by atoms with Crippen molar-refractivity contribution in [2.24, 2.45) is 0 Å². The minimum absolute atomic E-state index is 0.0296. The zero-order valence-corrected chi connectivity index (χ0v) is 12.2. The molecule has 0 aromatic carbocycles. The first-order valence-corrected chi connectivity index (χ1v) is 6.56. The first kappa shape index (κ1) is 12.9. The number of anilines is 1. The van der Waals surface area contributed by atoms with Crippen LogP contribution in [0.5, 0.6) is 0 Å². The second-order valence-corrected chi connectivity index (χ2v) is 6.24. The number of hydrogen-bond acceptors (Lipinski definition) is 2. The topological polar surface area (TPSA) is 29.3 Å². The van der Waals surface area contributed by atoms with E-state index in [0.717, 1.165) is 17.2 Å². The zero-order chi connectivity index (χ0) is 13.5. The van der Waals surface area contributed by atoms with Gasteiger partial charge in [-0.1, -0.05) is 19.9 Å². The smallest absolute Gasteiger partial charge is 0.138 e. The summed E-state index contributed by atoms with van der Waals surface area (Å²) in [6, 6.07) is 6.24. The van der Waals surface area contributed by atoms with E-state index in [1.54, 1.807) is 0 Å². The van der Waals surface area contributed by atoms with Gasteiger partial charge in [0.2, 0.25) is 0 Å². The first-order chi connectivity index (χ1) is 8.29. The normalized spacial score (nSPS) is 12.4. The van der Waals surface area contributed by atoms with Crippen LogP contribution in [-0.2, 0) is 0 Å². The van der Waals surface area contributed by atoms with Crippen molar-refractivity contribution in [3.8, 4) is 0 Å². The molecule has 0 spiro atoms. The van der Waals surface area contributed by atoms with Crippen LogP contribution in [0.25, 0.3) is 5.65 Å². The van der Waals surface area contributed by atoms with E-state index in [-0.39, 0.29) is 5.54 Å². The maximum atomic E-state index is 4.76. The van der Waals surface area contributed by atoms with Gasteiger partial charge in [0.1, 0.15) is 11.5 Å². The molecular weight excluding hydrogens is 222 g/mol. The van der Waals surface area contributed by atoms with E-state index in [1.807, 2.05) is 0 Å². The fourth-order valence-electron chi connectivity index (χ4n) is 2.15. The van der Waals surface area contributed by atoms with Crippen LogP contribution in [-0.4, -0.2) is 14.9 Å². The fraction of sp³-hybridized carbons (Fsp3) is 0.533. The van der Waals surface area contributed by atoms with Crippen LogP contribution in [0.2, 0.25) is 0 Å². The molecule has 2 heterocycles. The van der Waals surface area contributed by atoms with Gasteiger partial charge in [0.05, 0.1) is 5.69 Å². The lowest BCUT2D eigenvalue weighted by molar-refractivity contribution is 0.625. The molecular formula is C15H23N3. The number of pyridine rings is 1. The lowest BCUT2D eigenvalue weighted by atomic mass is 10.1. The molecule has 2 aromatic rings. The minimum Gasteiger partial charge on any atom is -0.365 e. The van der Waals surface area contributed by atoms with Crippen molar-refractivity contribution in [3.05, 3.63) is 29.6 Å². The van der Waals surface area contributed by atoms with Crippen LogP contribution in [0.4, 0.5) is 5.82 Å². The summed E-state index contributed by atoms with van der Waals surface area (Å²) in [7, 11) is 0.